The molecule has 0 aliphatic rings. The first-order valence-corrected chi connectivity index (χ1v) is 8.27. The van der Waals surface area contributed by atoms with E-state index in [2.05, 4.69) is 22.1 Å². The Kier molecular flexibility index (Phi) is 6.36. The van der Waals surface area contributed by atoms with Crippen LogP contribution in [0.25, 0.3) is 0 Å². The Labute approximate surface area is 138 Å². The maximum Gasteiger partial charge on any atom is 0.315 e. The lowest BCUT2D eigenvalue weighted by Gasteiger charge is -2.08. The summed E-state index contributed by atoms with van der Waals surface area (Å²) in [4.78, 5) is 13.0. The molecule has 2 aromatic rings. The van der Waals surface area contributed by atoms with E-state index in [4.69, 9.17) is 23.2 Å². The van der Waals surface area contributed by atoms with Gasteiger partial charge in [-0.05, 0) is 42.0 Å². The Morgan fingerprint density at radius 3 is 2.71 bits per heavy atom. The van der Waals surface area contributed by atoms with Crippen molar-refractivity contribution in [1.82, 2.24) is 10.6 Å². The molecule has 0 saturated heterocycles. The Morgan fingerprint density at radius 1 is 1.14 bits per heavy atom. The lowest BCUT2D eigenvalue weighted by molar-refractivity contribution is 0.240. The summed E-state index contributed by atoms with van der Waals surface area (Å²) in [7, 11) is 0. The molecule has 0 radical (unpaired) electrons. The van der Waals surface area contributed by atoms with Gasteiger partial charge in [0.25, 0.3) is 0 Å². The van der Waals surface area contributed by atoms with Gasteiger partial charge >= 0.3 is 6.03 Å². The number of hydrogen-bond donors (Lipinski definition) is 2. The summed E-state index contributed by atoms with van der Waals surface area (Å²) < 4.78 is 0. The summed E-state index contributed by atoms with van der Waals surface area (Å²) in [5.41, 5.74) is 0.915. The molecule has 0 unspecified atom stereocenters. The molecule has 0 spiro atoms. The molecule has 21 heavy (non-hydrogen) atoms. The van der Waals surface area contributed by atoms with Crippen molar-refractivity contribution in [3.63, 3.8) is 0 Å². The molecule has 2 amide bonds. The van der Waals surface area contributed by atoms with E-state index in [1.165, 1.54) is 4.88 Å². The SMILES string of the molecule is O=C(NCCCc1cccs1)NCc1ccc(Cl)c(Cl)c1. The standard InChI is InChI=1S/C15H16Cl2N2OS/c16-13-6-5-11(9-14(13)17)10-19-15(20)18-7-1-3-12-4-2-8-21-12/h2,4-6,8-9H,1,3,7,10H2,(H2,18,19,20). The van der Waals surface area contributed by atoms with Crippen LogP contribution in [-0.2, 0) is 13.0 Å². The van der Waals surface area contributed by atoms with Crippen molar-refractivity contribution in [2.75, 3.05) is 6.54 Å². The van der Waals surface area contributed by atoms with E-state index in [0.29, 0.717) is 23.1 Å². The molecule has 0 aliphatic carbocycles. The van der Waals surface area contributed by atoms with E-state index >= 15 is 0 Å². The fourth-order valence-corrected chi connectivity index (χ4v) is 2.89. The molecule has 0 fully saturated rings. The van der Waals surface area contributed by atoms with E-state index in [1.54, 1.807) is 23.5 Å². The largest absolute Gasteiger partial charge is 0.338 e. The molecular formula is C15H16Cl2N2OS. The smallest absolute Gasteiger partial charge is 0.315 e. The van der Waals surface area contributed by atoms with Gasteiger partial charge in [0.15, 0.2) is 0 Å². The number of urea groups is 1. The Balaban J connectivity index is 1.64. The molecule has 3 nitrogen and oxygen atoms in total. The molecule has 1 aromatic carbocycles. The van der Waals surface area contributed by atoms with E-state index in [0.717, 1.165) is 18.4 Å². The van der Waals surface area contributed by atoms with Crippen LogP contribution in [0.1, 0.15) is 16.9 Å². The monoisotopic (exact) mass is 342 g/mol. The van der Waals surface area contributed by atoms with Crippen molar-refractivity contribution in [1.29, 1.82) is 0 Å². The Hall–Kier alpha value is -1.23. The lowest BCUT2D eigenvalue weighted by Crippen LogP contribution is -2.35. The molecule has 0 atom stereocenters. The zero-order chi connectivity index (χ0) is 15.1. The zero-order valence-electron chi connectivity index (χ0n) is 11.4. The third-order valence-corrected chi connectivity index (χ3v) is 4.58. The lowest BCUT2D eigenvalue weighted by atomic mass is 10.2. The van der Waals surface area contributed by atoms with Crippen molar-refractivity contribution in [3.8, 4) is 0 Å². The first-order valence-electron chi connectivity index (χ1n) is 6.63. The van der Waals surface area contributed by atoms with Crippen molar-refractivity contribution in [3.05, 3.63) is 56.2 Å². The molecule has 1 aromatic heterocycles. The normalized spacial score (nSPS) is 10.4. The minimum Gasteiger partial charge on any atom is -0.338 e. The number of aryl methyl sites for hydroxylation is 1. The van der Waals surface area contributed by atoms with Crippen LogP contribution < -0.4 is 10.6 Å². The first-order chi connectivity index (χ1) is 10.1. The van der Waals surface area contributed by atoms with Gasteiger partial charge in [-0.2, -0.15) is 0 Å². The van der Waals surface area contributed by atoms with Gasteiger partial charge in [-0.1, -0.05) is 35.3 Å². The third kappa shape index (κ3) is 5.58. The maximum atomic E-state index is 11.7. The number of benzene rings is 1. The van der Waals surface area contributed by atoms with Crippen LogP contribution in [0.5, 0.6) is 0 Å². The predicted molar refractivity (Wildman–Crippen MR) is 89.3 cm³/mol. The number of halogens is 2. The average Bonchev–Trinajstić information content (AvgIpc) is 2.98. The van der Waals surface area contributed by atoms with Crippen molar-refractivity contribution in [2.24, 2.45) is 0 Å². The van der Waals surface area contributed by atoms with E-state index in [9.17, 15) is 4.79 Å². The number of rotatable bonds is 6. The van der Waals surface area contributed by atoms with Gasteiger partial charge in [-0.3, -0.25) is 0 Å². The van der Waals surface area contributed by atoms with Gasteiger partial charge in [0.2, 0.25) is 0 Å². The van der Waals surface area contributed by atoms with Gasteiger partial charge < -0.3 is 10.6 Å². The third-order valence-electron chi connectivity index (χ3n) is 2.90. The first kappa shape index (κ1) is 16.1. The number of nitrogens with one attached hydrogen (secondary N) is 2. The molecule has 0 aliphatic heterocycles. The van der Waals surface area contributed by atoms with E-state index < -0.39 is 0 Å². The van der Waals surface area contributed by atoms with Crippen molar-refractivity contribution >= 4 is 40.6 Å². The second kappa shape index (κ2) is 8.27. The highest BCUT2D eigenvalue weighted by Crippen LogP contribution is 2.22. The van der Waals surface area contributed by atoms with Gasteiger partial charge in [-0.15, -0.1) is 11.3 Å². The number of thiophene rings is 1. The predicted octanol–water partition coefficient (Wildman–Crippen LogP) is 4.49. The van der Waals surface area contributed by atoms with Crippen LogP contribution in [-0.4, -0.2) is 12.6 Å². The summed E-state index contributed by atoms with van der Waals surface area (Å²) in [6, 6.07) is 9.28. The fraction of sp³-hybridized carbons (Fsp3) is 0.267. The minimum atomic E-state index is -0.174. The van der Waals surface area contributed by atoms with Crippen LogP contribution in [0, 0.1) is 0 Å². The van der Waals surface area contributed by atoms with E-state index in [-0.39, 0.29) is 6.03 Å². The molecule has 6 heteroatoms. The van der Waals surface area contributed by atoms with Crippen LogP contribution >= 0.6 is 34.5 Å². The highest BCUT2D eigenvalue weighted by atomic mass is 35.5. The van der Waals surface area contributed by atoms with Crippen LogP contribution in [0.3, 0.4) is 0 Å². The van der Waals surface area contributed by atoms with Crippen LogP contribution in [0.2, 0.25) is 10.0 Å². The van der Waals surface area contributed by atoms with Crippen LogP contribution in [0.15, 0.2) is 35.7 Å². The summed E-state index contributed by atoms with van der Waals surface area (Å²) in [6.07, 6.45) is 1.92. The molecule has 1 heterocycles. The van der Waals surface area contributed by atoms with Gasteiger partial charge in [0.1, 0.15) is 0 Å². The minimum absolute atomic E-state index is 0.174. The Morgan fingerprint density at radius 2 is 2.00 bits per heavy atom. The van der Waals surface area contributed by atoms with Crippen molar-refractivity contribution in [2.45, 2.75) is 19.4 Å². The van der Waals surface area contributed by atoms with Crippen molar-refractivity contribution < 1.29 is 4.79 Å². The van der Waals surface area contributed by atoms with Gasteiger partial charge in [0, 0.05) is 18.0 Å². The molecule has 112 valence electrons. The van der Waals surface area contributed by atoms with Gasteiger partial charge in [-0.25, -0.2) is 4.79 Å². The number of carbonyl (C=O) groups excluding carboxylic acids is 1. The Bertz CT molecular complexity index is 587. The summed E-state index contributed by atoms with van der Waals surface area (Å²) in [5, 5.41) is 8.69. The number of amides is 2. The second-order valence-corrected chi connectivity index (χ2v) is 6.39. The molecule has 2 N–H and O–H groups in total. The second-order valence-electron chi connectivity index (χ2n) is 4.54. The zero-order valence-corrected chi connectivity index (χ0v) is 13.7. The van der Waals surface area contributed by atoms with Gasteiger partial charge in [0.05, 0.1) is 10.0 Å². The number of carbonyl (C=O) groups is 1. The topological polar surface area (TPSA) is 41.1 Å². The van der Waals surface area contributed by atoms with E-state index in [1.807, 2.05) is 12.1 Å². The summed E-state index contributed by atoms with van der Waals surface area (Å²) in [6.45, 7) is 1.08. The quantitative estimate of drug-likeness (QED) is 0.746. The highest BCUT2D eigenvalue weighted by Gasteiger charge is 2.03. The highest BCUT2D eigenvalue weighted by molar-refractivity contribution is 7.09. The number of hydrogen-bond acceptors (Lipinski definition) is 2. The van der Waals surface area contributed by atoms with Crippen LogP contribution in [0.4, 0.5) is 4.79 Å². The average molecular weight is 343 g/mol. The molecule has 0 saturated carbocycles. The molecule has 0 bridgehead atoms. The molecular weight excluding hydrogens is 327 g/mol. The fourth-order valence-electron chi connectivity index (χ4n) is 1.81. The summed E-state index contributed by atoms with van der Waals surface area (Å²) in [5.74, 6) is 0. The maximum absolute atomic E-state index is 11.7. The molecule has 2 rings (SSSR count). The summed E-state index contributed by atoms with van der Waals surface area (Å²) >= 11 is 13.5.